The summed E-state index contributed by atoms with van der Waals surface area (Å²) in [5, 5.41) is 23.9. The molecule has 4 unspecified atom stereocenters. The molecule has 5 N–H and O–H groups in total. The van der Waals surface area contributed by atoms with Crippen molar-refractivity contribution >= 4 is 22.7 Å². The number of likely N-dealkylation sites (tertiary alicyclic amines) is 2. The summed E-state index contributed by atoms with van der Waals surface area (Å²) in [6.07, 6.45) is 2.40. The Morgan fingerprint density at radius 3 is 1.52 bits per heavy atom. The monoisotopic (exact) mass is 803 g/mol. The second kappa shape index (κ2) is 16.6. The Bertz CT molecular complexity index is 2660. The van der Waals surface area contributed by atoms with Crippen molar-refractivity contribution in [1.82, 2.24) is 30.4 Å². The van der Waals surface area contributed by atoms with Crippen LogP contribution in [0.15, 0.2) is 146 Å². The zero-order chi connectivity index (χ0) is 41.3. The lowest BCUT2D eigenvalue weighted by molar-refractivity contribution is 0.230. The minimum absolute atomic E-state index is 0.517. The zero-order valence-corrected chi connectivity index (χ0v) is 34.1. The SMILES string of the molecule is N#Cc1ccccc1-c1ccc(N2CC3CC2CN3Cc2ccccc2)c(N)c1.Nc1cc(-c2ccccc2-c2nn[nH]n2)ccc1N1CC2CC1CN2Cc1ccccc1. The molecule has 4 aliphatic rings. The smallest absolute Gasteiger partial charge is 0.205 e. The lowest BCUT2D eigenvalue weighted by atomic mass is 9.98. The van der Waals surface area contributed by atoms with E-state index in [1.807, 2.05) is 48.5 Å². The highest BCUT2D eigenvalue weighted by Crippen LogP contribution is 2.41. The highest BCUT2D eigenvalue weighted by molar-refractivity contribution is 5.85. The second-order valence-corrected chi connectivity index (χ2v) is 16.7. The van der Waals surface area contributed by atoms with Crippen LogP contribution in [0, 0.1) is 11.3 Å². The predicted octanol–water partition coefficient (Wildman–Crippen LogP) is 7.85. The maximum absolute atomic E-state index is 9.38. The molecule has 1 aromatic heterocycles. The molecule has 0 aliphatic carbocycles. The van der Waals surface area contributed by atoms with Crippen molar-refractivity contribution in [3.05, 3.63) is 162 Å². The van der Waals surface area contributed by atoms with Gasteiger partial charge in [-0.3, -0.25) is 9.80 Å². The summed E-state index contributed by atoms with van der Waals surface area (Å²) in [6, 6.07) is 54.3. The number of rotatable bonds is 9. The number of aromatic nitrogens is 4. The summed E-state index contributed by atoms with van der Waals surface area (Å²) in [5.41, 5.74) is 25.3. The van der Waals surface area contributed by atoms with Crippen molar-refractivity contribution in [2.24, 2.45) is 0 Å². The summed E-state index contributed by atoms with van der Waals surface area (Å²) >= 11 is 0. The van der Waals surface area contributed by atoms with Crippen LogP contribution >= 0.6 is 0 Å². The Balaban J connectivity index is 0.000000147. The molecule has 11 nitrogen and oxygen atoms in total. The van der Waals surface area contributed by atoms with Crippen molar-refractivity contribution in [1.29, 1.82) is 5.26 Å². The molecular weight excluding hydrogens is 755 g/mol. The molecule has 61 heavy (non-hydrogen) atoms. The van der Waals surface area contributed by atoms with E-state index in [9.17, 15) is 5.26 Å². The largest absolute Gasteiger partial charge is 0.397 e. The first-order valence-corrected chi connectivity index (χ1v) is 21.2. The minimum Gasteiger partial charge on any atom is -0.397 e. The maximum Gasteiger partial charge on any atom is 0.205 e. The van der Waals surface area contributed by atoms with Crippen LogP contribution in [0.5, 0.6) is 0 Å². The predicted molar refractivity (Wildman–Crippen MR) is 243 cm³/mol. The summed E-state index contributed by atoms with van der Waals surface area (Å²) in [5.74, 6) is 0.582. The van der Waals surface area contributed by atoms with E-state index >= 15 is 0 Å². The first-order valence-electron chi connectivity index (χ1n) is 21.2. The molecule has 0 spiro atoms. The average Bonchev–Trinajstić information content (AvgIpc) is 4.17. The van der Waals surface area contributed by atoms with Gasteiger partial charge in [0.2, 0.25) is 5.82 Å². The molecule has 4 saturated heterocycles. The molecule has 11 rings (SSSR count). The van der Waals surface area contributed by atoms with Gasteiger partial charge in [0.1, 0.15) is 0 Å². The van der Waals surface area contributed by atoms with Gasteiger partial charge in [0.25, 0.3) is 0 Å². The molecule has 4 atom stereocenters. The van der Waals surface area contributed by atoms with E-state index in [0.29, 0.717) is 35.6 Å². The first kappa shape index (κ1) is 38.2. The molecule has 7 aromatic rings. The lowest BCUT2D eigenvalue weighted by Gasteiger charge is -2.36. The Kier molecular flexibility index (Phi) is 10.4. The molecule has 6 aromatic carbocycles. The summed E-state index contributed by atoms with van der Waals surface area (Å²) in [7, 11) is 0. The first-order chi connectivity index (χ1) is 30.0. The third kappa shape index (κ3) is 7.68. The van der Waals surface area contributed by atoms with Crippen molar-refractivity contribution in [3.63, 3.8) is 0 Å². The standard InChI is InChI=1S/C25H25N7.C25H24N4/c26-23-12-18(21-8-4-5-9-22(21)25-27-29-30-28-25)10-11-24(23)32-16-19-13-20(32)15-31(19)14-17-6-2-1-3-7-17;26-14-20-8-4-5-9-23(20)19-10-11-25(24(27)12-19)29-17-21-13-22(29)16-28(21)15-18-6-2-1-3-7-18/h1-12,19-20H,13-16,26H2,(H,27,28,29,30);1-12,21-22H,13,15-17,27H2. The van der Waals surface area contributed by atoms with Crippen LogP contribution in [0.4, 0.5) is 22.7 Å². The van der Waals surface area contributed by atoms with Crippen LogP contribution in [-0.2, 0) is 13.1 Å². The van der Waals surface area contributed by atoms with Crippen LogP contribution in [0.1, 0.15) is 29.5 Å². The molecule has 0 amide bonds. The molecule has 4 aliphatic heterocycles. The number of piperazine rings is 2. The molecule has 0 radical (unpaired) electrons. The van der Waals surface area contributed by atoms with Gasteiger partial charge in [0.05, 0.1) is 34.4 Å². The van der Waals surface area contributed by atoms with Gasteiger partial charge < -0.3 is 21.3 Å². The molecule has 0 saturated carbocycles. The number of hydrogen-bond donors (Lipinski definition) is 3. The Labute approximate surface area is 356 Å². The van der Waals surface area contributed by atoms with E-state index in [1.165, 1.54) is 24.0 Å². The van der Waals surface area contributed by atoms with Gasteiger partial charge in [-0.25, -0.2) is 0 Å². The fraction of sp³-hybridized carbons (Fsp3) is 0.240. The number of H-pyrrole nitrogens is 1. The number of fused-ring (bicyclic) bond motifs is 4. The van der Waals surface area contributed by atoms with Gasteiger partial charge in [-0.1, -0.05) is 115 Å². The van der Waals surface area contributed by atoms with E-state index in [-0.39, 0.29) is 0 Å². The van der Waals surface area contributed by atoms with Crippen LogP contribution in [0.25, 0.3) is 33.6 Å². The molecule has 11 heteroatoms. The van der Waals surface area contributed by atoms with Crippen molar-refractivity contribution in [3.8, 4) is 39.7 Å². The van der Waals surface area contributed by atoms with Crippen molar-refractivity contribution < 1.29 is 0 Å². The second-order valence-electron chi connectivity index (χ2n) is 16.7. The Hall–Kier alpha value is -7.00. The number of anilines is 4. The zero-order valence-electron chi connectivity index (χ0n) is 34.1. The topological polar surface area (TPSA) is 143 Å². The Morgan fingerprint density at radius 1 is 0.557 bits per heavy atom. The van der Waals surface area contributed by atoms with Gasteiger partial charge in [-0.2, -0.15) is 10.5 Å². The van der Waals surface area contributed by atoms with Crippen LogP contribution in [0.3, 0.4) is 0 Å². The third-order valence-electron chi connectivity index (χ3n) is 13.0. The van der Waals surface area contributed by atoms with E-state index < -0.39 is 0 Å². The molecule has 304 valence electrons. The van der Waals surface area contributed by atoms with Crippen molar-refractivity contribution in [2.45, 2.75) is 50.1 Å². The normalized spacial score (nSPS) is 20.4. The van der Waals surface area contributed by atoms with E-state index in [1.54, 1.807) is 0 Å². The molecule has 4 fully saturated rings. The van der Waals surface area contributed by atoms with E-state index in [0.717, 1.165) is 89.8 Å². The number of nitrogens with one attached hydrogen (secondary N) is 1. The molecular formula is C50H49N11. The minimum atomic E-state index is 0.517. The number of nitrogens with two attached hydrogens (primary N) is 2. The van der Waals surface area contributed by atoms with Gasteiger partial charge >= 0.3 is 0 Å². The van der Waals surface area contributed by atoms with Gasteiger partial charge in [0.15, 0.2) is 0 Å². The fourth-order valence-electron chi connectivity index (χ4n) is 10.1. The quantitative estimate of drug-likeness (QED) is 0.124. The Morgan fingerprint density at radius 2 is 1.05 bits per heavy atom. The summed E-state index contributed by atoms with van der Waals surface area (Å²) < 4.78 is 0. The fourth-order valence-corrected chi connectivity index (χ4v) is 10.1. The number of nitrogen functional groups attached to an aromatic ring is 2. The average molecular weight is 804 g/mol. The van der Waals surface area contributed by atoms with Gasteiger partial charge in [-0.15, -0.1) is 10.2 Å². The lowest BCUT2D eigenvalue weighted by Crippen LogP contribution is -2.46. The molecule has 4 bridgehead atoms. The van der Waals surface area contributed by atoms with Crippen LogP contribution < -0.4 is 21.3 Å². The third-order valence-corrected chi connectivity index (χ3v) is 13.0. The maximum atomic E-state index is 9.38. The summed E-state index contributed by atoms with van der Waals surface area (Å²) in [6.45, 7) is 6.27. The number of nitrogens with zero attached hydrogens (tertiary/aromatic N) is 8. The van der Waals surface area contributed by atoms with E-state index in [4.69, 9.17) is 11.5 Å². The van der Waals surface area contributed by atoms with Crippen molar-refractivity contribution in [2.75, 3.05) is 47.4 Å². The number of aromatic amines is 1. The number of benzene rings is 6. The van der Waals surface area contributed by atoms with Crippen LogP contribution in [-0.4, -0.2) is 80.8 Å². The highest BCUT2D eigenvalue weighted by Gasteiger charge is 2.44. The van der Waals surface area contributed by atoms with Crippen LogP contribution in [0.2, 0.25) is 0 Å². The highest BCUT2D eigenvalue weighted by atomic mass is 15.5. The van der Waals surface area contributed by atoms with Gasteiger partial charge in [-0.05, 0) is 81.8 Å². The number of tetrazole rings is 1. The number of nitriles is 1. The number of hydrogen-bond acceptors (Lipinski definition) is 10. The summed E-state index contributed by atoms with van der Waals surface area (Å²) in [4.78, 5) is 10.2. The van der Waals surface area contributed by atoms with E-state index in [2.05, 4.69) is 143 Å². The van der Waals surface area contributed by atoms with Gasteiger partial charge in [0, 0.05) is 69.0 Å². The molecule has 5 heterocycles.